The molecule has 7 nitrogen and oxygen atoms in total. The smallest absolute Gasteiger partial charge is 0.348 e. The van der Waals surface area contributed by atoms with E-state index in [2.05, 4.69) is 0 Å². The molecule has 0 radical (unpaired) electrons. The predicted molar refractivity (Wildman–Crippen MR) is 50.6 cm³/mol. The number of nitrogens with zero attached hydrogens (tertiary/aromatic N) is 1. The van der Waals surface area contributed by atoms with Crippen LogP contribution in [0.1, 0.15) is 0 Å². The highest BCUT2D eigenvalue weighted by atomic mass is 16.6. The second kappa shape index (κ2) is 3.69. The van der Waals surface area contributed by atoms with Gasteiger partial charge < -0.3 is 14.6 Å². The van der Waals surface area contributed by atoms with Gasteiger partial charge in [-0.2, -0.15) is 0 Å². The predicted octanol–water partition coefficient (Wildman–Crippen LogP) is 0.819. The van der Waals surface area contributed by atoms with Crippen LogP contribution in [0.5, 0.6) is 11.5 Å². The molecule has 1 aromatic carbocycles. The molecule has 0 spiro atoms. The van der Waals surface area contributed by atoms with Crippen molar-refractivity contribution in [2.24, 2.45) is 0 Å². The van der Waals surface area contributed by atoms with Gasteiger partial charge in [0.05, 0.1) is 11.0 Å². The van der Waals surface area contributed by atoms with Crippen molar-refractivity contribution in [2.75, 3.05) is 6.61 Å². The number of nitro benzene ring substituents is 1. The van der Waals surface area contributed by atoms with Crippen LogP contribution in [0.4, 0.5) is 5.69 Å². The molecule has 1 heterocycles. The Bertz CT molecular complexity index is 457. The van der Waals surface area contributed by atoms with Gasteiger partial charge in [0, 0.05) is 6.07 Å². The third-order valence-electron chi connectivity index (χ3n) is 2.07. The van der Waals surface area contributed by atoms with Crippen molar-refractivity contribution >= 4 is 11.7 Å². The highest BCUT2D eigenvalue weighted by Crippen LogP contribution is 2.34. The maximum Gasteiger partial charge on any atom is 0.348 e. The average molecular weight is 225 g/mol. The molecule has 0 saturated heterocycles. The number of carboxylic acid groups (broad SMARTS) is 1. The summed E-state index contributed by atoms with van der Waals surface area (Å²) in [6.07, 6.45) is -1.08. The lowest BCUT2D eigenvalue weighted by Crippen LogP contribution is -2.36. The fourth-order valence-corrected chi connectivity index (χ4v) is 1.29. The summed E-state index contributed by atoms with van der Waals surface area (Å²) < 4.78 is 10.2. The van der Waals surface area contributed by atoms with Crippen molar-refractivity contribution in [1.82, 2.24) is 0 Å². The zero-order valence-electron chi connectivity index (χ0n) is 7.95. The van der Waals surface area contributed by atoms with Crippen molar-refractivity contribution in [3.63, 3.8) is 0 Å². The highest BCUT2D eigenvalue weighted by Gasteiger charge is 2.28. The summed E-state index contributed by atoms with van der Waals surface area (Å²) in [5, 5.41) is 19.2. The summed E-state index contributed by atoms with van der Waals surface area (Å²) in [7, 11) is 0. The quantitative estimate of drug-likeness (QED) is 0.590. The van der Waals surface area contributed by atoms with E-state index in [4.69, 9.17) is 14.6 Å². The summed E-state index contributed by atoms with van der Waals surface area (Å²) in [6.45, 7) is -0.163. The fraction of sp³-hybridized carbons (Fsp3) is 0.222. The number of nitro groups is 1. The Morgan fingerprint density at radius 3 is 2.88 bits per heavy atom. The minimum absolute atomic E-state index is 0.129. The van der Waals surface area contributed by atoms with Crippen LogP contribution in [-0.4, -0.2) is 28.7 Å². The summed E-state index contributed by atoms with van der Waals surface area (Å²) in [6, 6.07) is 3.75. The first-order valence-corrected chi connectivity index (χ1v) is 4.38. The van der Waals surface area contributed by atoms with Gasteiger partial charge in [0.25, 0.3) is 5.69 Å². The molecule has 0 saturated carbocycles. The monoisotopic (exact) mass is 225 g/mol. The molecule has 0 unspecified atom stereocenters. The number of fused-ring (bicyclic) bond motifs is 1. The van der Waals surface area contributed by atoms with Crippen molar-refractivity contribution in [3.8, 4) is 11.5 Å². The molecular weight excluding hydrogens is 218 g/mol. The van der Waals surface area contributed by atoms with Gasteiger partial charge in [-0.3, -0.25) is 10.1 Å². The Labute approximate surface area is 89.4 Å². The number of rotatable bonds is 2. The SMILES string of the molecule is O=C(O)[C@H]1COc2cc([N+](=O)[O-])ccc2O1. The standard InChI is InChI=1S/C9H7NO6/c11-9(12)8-4-15-7-3-5(10(13)14)1-2-6(7)16-8/h1-3,8H,4H2,(H,11,12)/t8-/m1/s1. The van der Waals surface area contributed by atoms with E-state index in [0.29, 0.717) is 0 Å². The molecule has 0 aliphatic carbocycles. The number of hydrogen-bond donors (Lipinski definition) is 1. The third-order valence-corrected chi connectivity index (χ3v) is 2.07. The van der Waals surface area contributed by atoms with Gasteiger partial charge in [0.2, 0.25) is 6.10 Å². The van der Waals surface area contributed by atoms with Gasteiger partial charge in [0.15, 0.2) is 11.5 Å². The van der Waals surface area contributed by atoms with E-state index in [-0.39, 0.29) is 23.8 Å². The number of non-ortho nitro benzene ring substituents is 1. The van der Waals surface area contributed by atoms with Crippen LogP contribution >= 0.6 is 0 Å². The number of ether oxygens (including phenoxy) is 2. The van der Waals surface area contributed by atoms with E-state index >= 15 is 0 Å². The first-order chi connectivity index (χ1) is 7.58. The van der Waals surface area contributed by atoms with Gasteiger partial charge >= 0.3 is 5.97 Å². The van der Waals surface area contributed by atoms with Crippen LogP contribution in [0.2, 0.25) is 0 Å². The normalized spacial score (nSPS) is 17.9. The number of benzene rings is 1. The van der Waals surface area contributed by atoms with Crippen LogP contribution in [0.25, 0.3) is 0 Å². The second-order valence-corrected chi connectivity index (χ2v) is 3.14. The molecule has 0 fully saturated rings. The van der Waals surface area contributed by atoms with E-state index in [0.717, 1.165) is 0 Å². The van der Waals surface area contributed by atoms with Crippen molar-refractivity contribution in [3.05, 3.63) is 28.3 Å². The molecule has 0 bridgehead atoms. The summed E-state index contributed by atoms with van der Waals surface area (Å²) in [4.78, 5) is 20.5. The Balaban J connectivity index is 2.29. The van der Waals surface area contributed by atoms with Crippen LogP contribution in [0.15, 0.2) is 18.2 Å². The first-order valence-electron chi connectivity index (χ1n) is 4.38. The summed E-state index contributed by atoms with van der Waals surface area (Å²) in [5.41, 5.74) is -0.129. The average Bonchev–Trinajstić information content (AvgIpc) is 2.27. The molecule has 1 aliphatic rings. The Morgan fingerprint density at radius 1 is 1.50 bits per heavy atom. The van der Waals surface area contributed by atoms with Crippen molar-refractivity contribution in [2.45, 2.75) is 6.10 Å². The Hall–Kier alpha value is -2.31. The first kappa shape index (κ1) is 10.2. The molecule has 2 rings (SSSR count). The van der Waals surface area contributed by atoms with Gasteiger partial charge in [-0.25, -0.2) is 4.79 Å². The van der Waals surface area contributed by atoms with Gasteiger partial charge in [-0.05, 0) is 6.07 Å². The third kappa shape index (κ3) is 1.74. The number of carboxylic acids is 1. The molecule has 0 aromatic heterocycles. The molecule has 7 heteroatoms. The van der Waals surface area contributed by atoms with Crippen LogP contribution in [0.3, 0.4) is 0 Å². The molecule has 1 aliphatic heterocycles. The topological polar surface area (TPSA) is 98.9 Å². The Morgan fingerprint density at radius 2 is 2.25 bits per heavy atom. The van der Waals surface area contributed by atoms with Gasteiger partial charge in [-0.15, -0.1) is 0 Å². The lowest BCUT2D eigenvalue weighted by Gasteiger charge is -2.23. The Kier molecular flexibility index (Phi) is 2.35. The summed E-state index contributed by atoms with van der Waals surface area (Å²) in [5.74, 6) is -0.750. The molecule has 1 aromatic rings. The van der Waals surface area contributed by atoms with E-state index in [1.165, 1.54) is 18.2 Å². The number of hydrogen-bond acceptors (Lipinski definition) is 5. The van der Waals surface area contributed by atoms with Gasteiger partial charge in [-0.1, -0.05) is 0 Å². The van der Waals surface area contributed by atoms with Crippen molar-refractivity contribution in [1.29, 1.82) is 0 Å². The second-order valence-electron chi connectivity index (χ2n) is 3.14. The summed E-state index contributed by atoms with van der Waals surface area (Å²) >= 11 is 0. The maximum atomic E-state index is 10.6. The molecule has 1 N–H and O–H groups in total. The molecular formula is C9H7NO6. The van der Waals surface area contributed by atoms with Gasteiger partial charge in [0.1, 0.15) is 6.61 Å². The van der Waals surface area contributed by atoms with E-state index < -0.39 is 17.0 Å². The fourth-order valence-electron chi connectivity index (χ4n) is 1.29. The number of carbonyl (C=O) groups is 1. The lowest BCUT2D eigenvalue weighted by molar-refractivity contribution is -0.385. The van der Waals surface area contributed by atoms with E-state index in [1.54, 1.807) is 0 Å². The molecule has 1 atom stereocenters. The molecule has 0 amide bonds. The minimum atomic E-state index is -1.14. The zero-order chi connectivity index (χ0) is 11.7. The van der Waals surface area contributed by atoms with E-state index in [9.17, 15) is 14.9 Å². The van der Waals surface area contributed by atoms with Crippen LogP contribution in [-0.2, 0) is 4.79 Å². The highest BCUT2D eigenvalue weighted by molar-refractivity contribution is 5.73. The van der Waals surface area contributed by atoms with Crippen LogP contribution in [0, 0.1) is 10.1 Å². The minimum Gasteiger partial charge on any atom is -0.485 e. The van der Waals surface area contributed by atoms with E-state index in [1.807, 2.05) is 0 Å². The maximum absolute atomic E-state index is 10.6. The van der Waals surface area contributed by atoms with Crippen LogP contribution < -0.4 is 9.47 Å². The largest absolute Gasteiger partial charge is 0.485 e. The number of aliphatic carboxylic acids is 1. The van der Waals surface area contributed by atoms with Crippen molar-refractivity contribution < 1.29 is 24.3 Å². The lowest BCUT2D eigenvalue weighted by atomic mass is 10.2. The molecule has 16 heavy (non-hydrogen) atoms. The molecule has 84 valence electrons. The zero-order valence-corrected chi connectivity index (χ0v) is 7.95.